The number of hydrogen-bond donors (Lipinski definition) is 1. The quantitative estimate of drug-likeness (QED) is 0.485. The summed E-state index contributed by atoms with van der Waals surface area (Å²) in [6.07, 6.45) is 3.42. The van der Waals surface area contributed by atoms with Gasteiger partial charge >= 0.3 is 0 Å². The van der Waals surface area contributed by atoms with Crippen molar-refractivity contribution in [2.24, 2.45) is 0 Å². The monoisotopic (exact) mass is 223 g/mol. The van der Waals surface area contributed by atoms with Crippen molar-refractivity contribution in [3.8, 4) is 0 Å². The average molecular weight is 223 g/mol. The van der Waals surface area contributed by atoms with Crippen LogP contribution in [0.25, 0.3) is 0 Å². The maximum Gasteiger partial charge on any atom is 0.294 e. The van der Waals surface area contributed by atoms with E-state index in [0.29, 0.717) is 6.04 Å². The molecule has 1 aliphatic rings. The first-order valence-corrected chi connectivity index (χ1v) is 4.44. The highest BCUT2D eigenvalue weighted by atomic mass is 16.9. The van der Waals surface area contributed by atoms with E-state index in [1.807, 2.05) is 0 Å². The Morgan fingerprint density at radius 2 is 1.87 bits per heavy atom. The van der Waals surface area contributed by atoms with E-state index in [4.69, 9.17) is 15.3 Å². The predicted molar refractivity (Wildman–Crippen MR) is 47.7 cm³/mol. The number of hydrogen-bond acceptors (Lipinski definition) is 6. The molecule has 0 saturated carbocycles. The van der Waals surface area contributed by atoms with Crippen molar-refractivity contribution in [2.45, 2.75) is 25.3 Å². The maximum atomic E-state index is 9.81. The van der Waals surface area contributed by atoms with Crippen LogP contribution in [0.2, 0.25) is 0 Å². The van der Waals surface area contributed by atoms with Gasteiger partial charge in [-0.05, 0) is 12.8 Å². The smallest absolute Gasteiger partial charge is 0.294 e. The van der Waals surface area contributed by atoms with Crippen molar-refractivity contribution >= 4 is 0 Å². The zero-order valence-corrected chi connectivity index (χ0v) is 8.03. The Morgan fingerprint density at radius 1 is 1.27 bits per heavy atom. The summed E-state index contributed by atoms with van der Waals surface area (Å²) >= 11 is 0. The molecule has 0 aromatic rings. The molecule has 15 heavy (non-hydrogen) atoms. The van der Waals surface area contributed by atoms with Crippen LogP contribution in [-0.4, -0.2) is 29.4 Å². The summed E-state index contributed by atoms with van der Waals surface area (Å²) in [6.45, 7) is 1.32. The third-order valence-corrected chi connectivity index (χ3v) is 1.92. The minimum atomic E-state index is -1.75. The zero-order chi connectivity index (χ0) is 11.7. The Morgan fingerprint density at radius 3 is 2.27 bits per heavy atom. The van der Waals surface area contributed by atoms with Crippen LogP contribution in [0, 0.1) is 25.4 Å². The van der Waals surface area contributed by atoms with Gasteiger partial charge in [0.1, 0.15) is 12.6 Å². The van der Waals surface area contributed by atoms with Gasteiger partial charge in [0.2, 0.25) is 0 Å². The second-order valence-corrected chi connectivity index (χ2v) is 3.02. The topological polar surface area (TPSA) is 135 Å². The molecule has 1 saturated heterocycles. The number of nitrogens with zero attached hydrogens (tertiary/aromatic N) is 2. The molecular weight excluding hydrogens is 210 g/mol. The van der Waals surface area contributed by atoms with E-state index in [1.54, 1.807) is 0 Å². The molecule has 1 fully saturated rings. The summed E-state index contributed by atoms with van der Waals surface area (Å²) in [5, 5.41) is 26.0. The molecule has 1 rings (SSSR count). The lowest BCUT2D eigenvalue weighted by Gasteiger charge is -2.18. The SMILES string of the molecule is O=[N+]([O-])OCC1CCCC[NH2+]1.O=[N+]([O-])[O-]. The summed E-state index contributed by atoms with van der Waals surface area (Å²) in [4.78, 5) is 22.3. The highest BCUT2D eigenvalue weighted by Crippen LogP contribution is 2.01. The summed E-state index contributed by atoms with van der Waals surface area (Å²) < 4.78 is 0. The standard InChI is InChI=1S/C6H12N2O3.NO3/c9-8(10)11-5-6-3-1-2-4-7-6;2-1(3)4/h6-7H,1-5H2;/q;-1/p+1. The van der Waals surface area contributed by atoms with Crippen molar-refractivity contribution in [3.63, 3.8) is 0 Å². The van der Waals surface area contributed by atoms with Crippen LogP contribution >= 0.6 is 0 Å². The van der Waals surface area contributed by atoms with Crippen molar-refractivity contribution in [1.29, 1.82) is 0 Å². The van der Waals surface area contributed by atoms with Crippen LogP contribution in [-0.2, 0) is 4.84 Å². The molecule has 0 aromatic carbocycles. The van der Waals surface area contributed by atoms with Gasteiger partial charge in [-0.3, -0.25) is 0 Å². The van der Waals surface area contributed by atoms with Gasteiger partial charge in [-0.15, -0.1) is 10.1 Å². The summed E-state index contributed by atoms with van der Waals surface area (Å²) in [7, 11) is 0. The van der Waals surface area contributed by atoms with Gasteiger partial charge in [-0.2, -0.15) is 0 Å². The largest absolute Gasteiger partial charge is 0.356 e. The van der Waals surface area contributed by atoms with Gasteiger partial charge < -0.3 is 25.5 Å². The molecule has 0 spiro atoms. The van der Waals surface area contributed by atoms with Crippen LogP contribution in [0.4, 0.5) is 0 Å². The van der Waals surface area contributed by atoms with Crippen LogP contribution in [0.3, 0.4) is 0 Å². The fourth-order valence-corrected chi connectivity index (χ4v) is 1.33. The van der Waals surface area contributed by atoms with Gasteiger partial charge in [0, 0.05) is 6.42 Å². The number of piperidine rings is 1. The molecular formula is C6H13N3O6. The second kappa shape index (κ2) is 7.74. The molecule has 9 heteroatoms. The molecule has 0 aromatic heterocycles. The lowest BCUT2D eigenvalue weighted by atomic mass is 10.1. The van der Waals surface area contributed by atoms with Crippen LogP contribution in [0.5, 0.6) is 0 Å². The maximum absolute atomic E-state index is 9.81. The van der Waals surface area contributed by atoms with Crippen molar-refractivity contribution in [1.82, 2.24) is 0 Å². The van der Waals surface area contributed by atoms with E-state index < -0.39 is 10.2 Å². The molecule has 1 atom stereocenters. The minimum Gasteiger partial charge on any atom is -0.356 e. The summed E-state index contributed by atoms with van der Waals surface area (Å²) in [6, 6.07) is 0.300. The molecule has 0 aliphatic carbocycles. The Kier molecular flexibility index (Phi) is 6.89. The highest BCUT2D eigenvalue weighted by molar-refractivity contribution is 4.56. The molecule has 1 heterocycles. The molecule has 0 bridgehead atoms. The van der Waals surface area contributed by atoms with Crippen LogP contribution < -0.4 is 5.32 Å². The van der Waals surface area contributed by atoms with Crippen molar-refractivity contribution in [2.75, 3.05) is 13.2 Å². The Labute approximate surface area is 85.2 Å². The molecule has 1 unspecified atom stereocenters. The molecule has 1 aliphatic heterocycles. The van der Waals surface area contributed by atoms with Crippen LogP contribution in [0.15, 0.2) is 0 Å². The predicted octanol–water partition coefficient (Wildman–Crippen LogP) is -0.928. The zero-order valence-electron chi connectivity index (χ0n) is 8.03. The normalized spacial score (nSPS) is 19.6. The second-order valence-electron chi connectivity index (χ2n) is 3.02. The first-order chi connectivity index (χ1) is 7.02. The van der Waals surface area contributed by atoms with Gasteiger partial charge in [0.05, 0.1) is 11.6 Å². The lowest BCUT2D eigenvalue weighted by molar-refractivity contribution is -0.781. The van der Waals surface area contributed by atoms with E-state index in [2.05, 4.69) is 10.2 Å². The molecule has 0 amide bonds. The van der Waals surface area contributed by atoms with E-state index in [9.17, 15) is 10.1 Å². The Balaban J connectivity index is 0.000000423. The van der Waals surface area contributed by atoms with E-state index in [0.717, 1.165) is 13.0 Å². The van der Waals surface area contributed by atoms with Gasteiger partial charge in [-0.25, -0.2) is 0 Å². The van der Waals surface area contributed by atoms with Gasteiger partial charge in [-0.1, -0.05) is 0 Å². The van der Waals surface area contributed by atoms with Crippen LogP contribution in [0.1, 0.15) is 19.3 Å². The molecule has 0 radical (unpaired) electrons. The first kappa shape index (κ1) is 13.4. The number of quaternary nitrogens is 1. The minimum absolute atomic E-state index is 0.243. The Bertz CT molecular complexity index is 201. The third kappa shape index (κ3) is 10.3. The molecule has 9 nitrogen and oxygen atoms in total. The first-order valence-electron chi connectivity index (χ1n) is 4.44. The third-order valence-electron chi connectivity index (χ3n) is 1.92. The van der Waals surface area contributed by atoms with E-state index in [1.165, 1.54) is 12.8 Å². The Hall–Kier alpha value is -1.64. The van der Waals surface area contributed by atoms with Crippen molar-refractivity contribution < 1.29 is 20.3 Å². The summed E-state index contributed by atoms with van der Waals surface area (Å²) in [5.74, 6) is 0. The highest BCUT2D eigenvalue weighted by Gasteiger charge is 2.17. The van der Waals surface area contributed by atoms with E-state index >= 15 is 0 Å². The lowest BCUT2D eigenvalue weighted by Crippen LogP contribution is -2.92. The molecule has 2 N–H and O–H groups in total. The van der Waals surface area contributed by atoms with Gasteiger partial charge in [0.25, 0.3) is 5.09 Å². The number of nitrogens with two attached hydrogens (primary N) is 1. The van der Waals surface area contributed by atoms with Gasteiger partial charge in [0.15, 0.2) is 0 Å². The van der Waals surface area contributed by atoms with E-state index in [-0.39, 0.29) is 6.61 Å². The number of rotatable bonds is 3. The fourth-order valence-electron chi connectivity index (χ4n) is 1.33. The molecule has 88 valence electrons. The fraction of sp³-hybridized carbons (Fsp3) is 1.00. The van der Waals surface area contributed by atoms with Crippen molar-refractivity contribution in [3.05, 3.63) is 25.4 Å². The summed E-state index contributed by atoms with van der Waals surface area (Å²) in [5.41, 5.74) is 0. The average Bonchev–Trinajstić information content (AvgIpc) is 2.15.